The van der Waals surface area contributed by atoms with Crippen molar-refractivity contribution < 1.29 is 14.4 Å². The van der Waals surface area contributed by atoms with Crippen LogP contribution < -0.4 is 5.32 Å². The van der Waals surface area contributed by atoms with Crippen LogP contribution in [0.2, 0.25) is 0 Å². The van der Waals surface area contributed by atoms with Gasteiger partial charge in [0.25, 0.3) is 0 Å². The Bertz CT molecular complexity index is 683. The molecule has 1 aromatic rings. The summed E-state index contributed by atoms with van der Waals surface area (Å²) in [4.78, 5) is 35.8. The van der Waals surface area contributed by atoms with E-state index in [0.29, 0.717) is 18.9 Å². The second kappa shape index (κ2) is 8.38. The minimum absolute atomic E-state index is 0.00467. The lowest BCUT2D eigenvalue weighted by atomic mass is 9.77. The largest absolute Gasteiger partial charge is 0.350 e. The molecule has 0 spiro atoms. The first-order valence-electron chi connectivity index (χ1n) is 9.49. The third-order valence-electron chi connectivity index (χ3n) is 5.37. The number of carbonyl (C=O) groups is 3. The Morgan fingerprint density at radius 1 is 1.19 bits per heavy atom. The van der Waals surface area contributed by atoms with Crippen LogP contribution in [0.4, 0.5) is 0 Å². The van der Waals surface area contributed by atoms with Crippen molar-refractivity contribution in [2.24, 2.45) is 17.8 Å². The van der Waals surface area contributed by atoms with E-state index in [2.05, 4.69) is 22.6 Å². The number of ketones is 2. The normalized spacial score (nSPS) is 23.6. The maximum absolute atomic E-state index is 12.4. The van der Waals surface area contributed by atoms with Crippen LogP contribution in [0.5, 0.6) is 0 Å². The average Bonchev–Trinajstić information content (AvgIpc) is 3.22. The lowest BCUT2D eigenvalue weighted by Crippen LogP contribution is -2.33. The van der Waals surface area contributed by atoms with Gasteiger partial charge in [-0.2, -0.15) is 0 Å². The zero-order valence-electron chi connectivity index (χ0n) is 15.2. The fourth-order valence-electron chi connectivity index (χ4n) is 3.84. The van der Waals surface area contributed by atoms with E-state index < -0.39 is 5.92 Å². The number of hydrogen-bond acceptors (Lipinski definition) is 5. The number of allylic oxidation sites excluding steroid dienone is 2. The van der Waals surface area contributed by atoms with Gasteiger partial charge in [-0.15, -0.1) is 5.10 Å². The molecule has 1 fully saturated rings. The van der Waals surface area contributed by atoms with Crippen molar-refractivity contribution >= 4 is 17.5 Å². The van der Waals surface area contributed by atoms with Gasteiger partial charge in [0, 0.05) is 12.5 Å². The summed E-state index contributed by atoms with van der Waals surface area (Å²) < 4.78 is 1.78. The molecule has 3 rings (SSSR count). The number of aryl methyl sites for hydroxylation is 1. The molecule has 2 aliphatic rings. The number of nitrogens with zero attached hydrogens (tertiary/aromatic N) is 3. The van der Waals surface area contributed by atoms with Crippen molar-refractivity contribution in [3.63, 3.8) is 0 Å². The van der Waals surface area contributed by atoms with Crippen LogP contribution in [0, 0.1) is 17.8 Å². The lowest BCUT2D eigenvalue weighted by molar-refractivity contribution is -0.128. The van der Waals surface area contributed by atoms with Crippen molar-refractivity contribution in [3.05, 3.63) is 24.0 Å². The van der Waals surface area contributed by atoms with E-state index >= 15 is 0 Å². The van der Waals surface area contributed by atoms with E-state index in [1.165, 1.54) is 12.2 Å². The topological polar surface area (TPSA) is 94.0 Å². The minimum Gasteiger partial charge on any atom is -0.350 e. The highest BCUT2D eigenvalue weighted by molar-refractivity contribution is 6.18. The molecule has 0 bridgehead atoms. The predicted molar refractivity (Wildman–Crippen MR) is 94.9 cm³/mol. The Labute approximate surface area is 153 Å². The fourth-order valence-corrected chi connectivity index (χ4v) is 3.84. The molecule has 1 saturated carbocycles. The first-order valence-corrected chi connectivity index (χ1v) is 9.49. The summed E-state index contributed by atoms with van der Waals surface area (Å²) in [5.41, 5.74) is 0.770. The number of rotatable bonds is 7. The molecule has 0 atom stereocenters. The maximum atomic E-state index is 12.4. The van der Waals surface area contributed by atoms with E-state index in [0.717, 1.165) is 44.3 Å². The number of carbonyl (C=O) groups excluding carboxylic acids is 3. The van der Waals surface area contributed by atoms with Gasteiger partial charge in [0.2, 0.25) is 5.91 Å². The van der Waals surface area contributed by atoms with Gasteiger partial charge in [0.05, 0.1) is 18.7 Å². The molecular weight excluding hydrogens is 332 g/mol. The van der Waals surface area contributed by atoms with Crippen LogP contribution in [-0.2, 0) is 27.5 Å². The standard InChI is InChI=1S/C19H26N4O3/c1-2-9-23-12-15(21-22-23)11-20-19(26)14-5-3-13(4-6-14)10-16-17(24)7-8-18(16)25/h7-8,12-14,16H,2-6,9-11H2,1H3,(H,20,26). The number of hydrogen-bond donors (Lipinski definition) is 1. The zero-order chi connectivity index (χ0) is 18.5. The van der Waals surface area contributed by atoms with Crippen molar-refractivity contribution in [1.82, 2.24) is 20.3 Å². The van der Waals surface area contributed by atoms with Gasteiger partial charge in [-0.05, 0) is 56.6 Å². The molecule has 0 unspecified atom stereocenters. The summed E-state index contributed by atoms with van der Waals surface area (Å²) in [6, 6.07) is 0. The van der Waals surface area contributed by atoms with E-state index in [4.69, 9.17) is 0 Å². The van der Waals surface area contributed by atoms with Gasteiger partial charge < -0.3 is 5.32 Å². The Balaban J connectivity index is 1.40. The predicted octanol–water partition coefficient (Wildman–Crippen LogP) is 1.82. The van der Waals surface area contributed by atoms with Crippen LogP contribution >= 0.6 is 0 Å². The SMILES string of the molecule is CCCn1cc(CNC(=O)C2CCC(CC3C(=O)C=CC3=O)CC2)nn1. The highest BCUT2D eigenvalue weighted by atomic mass is 16.2. The highest BCUT2D eigenvalue weighted by Crippen LogP contribution is 2.34. The molecule has 140 valence electrons. The van der Waals surface area contributed by atoms with Gasteiger partial charge in [0.1, 0.15) is 5.69 Å². The molecule has 2 aliphatic carbocycles. The summed E-state index contributed by atoms with van der Waals surface area (Å²) in [5.74, 6) is -0.188. The van der Waals surface area contributed by atoms with Crippen LogP contribution in [0.15, 0.2) is 18.3 Å². The molecule has 1 amide bonds. The Kier molecular flexibility index (Phi) is 5.96. The minimum atomic E-state index is -0.476. The van der Waals surface area contributed by atoms with Gasteiger partial charge in [-0.3, -0.25) is 19.1 Å². The molecule has 0 aliphatic heterocycles. The van der Waals surface area contributed by atoms with E-state index in [1.54, 1.807) is 4.68 Å². The molecule has 1 heterocycles. The van der Waals surface area contributed by atoms with Crippen molar-refractivity contribution in [2.45, 2.75) is 58.5 Å². The second-order valence-corrected chi connectivity index (χ2v) is 7.33. The van der Waals surface area contributed by atoms with Crippen LogP contribution in [0.1, 0.15) is 51.1 Å². The van der Waals surface area contributed by atoms with Gasteiger partial charge in [-0.25, -0.2) is 0 Å². The first-order chi connectivity index (χ1) is 12.6. The number of aromatic nitrogens is 3. The monoisotopic (exact) mass is 358 g/mol. The maximum Gasteiger partial charge on any atom is 0.223 e. The molecule has 0 aromatic carbocycles. The van der Waals surface area contributed by atoms with Gasteiger partial charge in [0.15, 0.2) is 11.6 Å². The van der Waals surface area contributed by atoms with Crippen molar-refractivity contribution in [1.29, 1.82) is 0 Å². The number of amides is 1. The van der Waals surface area contributed by atoms with Crippen LogP contribution in [0.25, 0.3) is 0 Å². The third kappa shape index (κ3) is 4.45. The quantitative estimate of drug-likeness (QED) is 0.751. The number of nitrogens with one attached hydrogen (secondary N) is 1. The summed E-state index contributed by atoms with van der Waals surface area (Å²) >= 11 is 0. The lowest BCUT2D eigenvalue weighted by Gasteiger charge is -2.28. The molecule has 0 saturated heterocycles. The molecule has 26 heavy (non-hydrogen) atoms. The summed E-state index contributed by atoms with van der Waals surface area (Å²) in [6.45, 7) is 3.31. The van der Waals surface area contributed by atoms with E-state index in [1.807, 2.05) is 6.20 Å². The molecular formula is C19H26N4O3. The Morgan fingerprint density at radius 3 is 2.54 bits per heavy atom. The first kappa shape index (κ1) is 18.5. The Morgan fingerprint density at radius 2 is 1.88 bits per heavy atom. The highest BCUT2D eigenvalue weighted by Gasteiger charge is 2.33. The summed E-state index contributed by atoms with van der Waals surface area (Å²) in [5, 5.41) is 11.0. The molecule has 0 radical (unpaired) electrons. The average molecular weight is 358 g/mol. The van der Waals surface area contributed by atoms with Crippen LogP contribution in [0.3, 0.4) is 0 Å². The third-order valence-corrected chi connectivity index (χ3v) is 5.37. The van der Waals surface area contributed by atoms with E-state index in [-0.39, 0.29) is 23.4 Å². The summed E-state index contributed by atoms with van der Waals surface area (Å²) in [6.07, 6.45) is 9.66. The van der Waals surface area contributed by atoms with Gasteiger partial charge in [-0.1, -0.05) is 12.1 Å². The molecule has 1 N–H and O–H groups in total. The zero-order valence-corrected chi connectivity index (χ0v) is 15.2. The van der Waals surface area contributed by atoms with Crippen LogP contribution in [-0.4, -0.2) is 32.5 Å². The summed E-state index contributed by atoms with van der Waals surface area (Å²) in [7, 11) is 0. The van der Waals surface area contributed by atoms with Crippen molar-refractivity contribution in [3.8, 4) is 0 Å². The Hall–Kier alpha value is -2.31. The van der Waals surface area contributed by atoms with E-state index in [9.17, 15) is 14.4 Å². The molecule has 7 nitrogen and oxygen atoms in total. The van der Waals surface area contributed by atoms with Crippen molar-refractivity contribution in [2.75, 3.05) is 0 Å². The molecule has 1 aromatic heterocycles. The molecule has 7 heteroatoms. The fraction of sp³-hybridized carbons (Fsp3) is 0.632. The smallest absolute Gasteiger partial charge is 0.223 e. The second-order valence-electron chi connectivity index (χ2n) is 7.33. The van der Waals surface area contributed by atoms with Gasteiger partial charge >= 0.3 is 0 Å².